The lowest BCUT2D eigenvalue weighted by molar-refractivity contribution is -0.141. The van der Waals surface area contributed by atoms with E-state index in [-0.39, 0.29) is 8.77 Å². The molecule has 0 aliphatic carbocycles. The van der Waals surface area contributed by atoms with Crippen LogP contribution in [0.25, 0.3) is 0 Å². The molecule has 8 heavy (non-hydrogen) atoms. The lowest BCUT2D eigenvalue weighted by atomic mass is 10.1. The fraction of sp³-hybridized carbons (Fsp3) is 0.833. The maximum absolute atomic E-state index is 10.1. The van der Waals surface area contributed by atoms with E-state index in [0.717, 1.165) is 12.8 Å². The van der Waals surface area contributed by atoms with Gasteiger partial charge in [-0.05, 0) is 6.42 Å². The summed E-state index contributed by atoms with van der Waals surface area (Å²) in [5.74, 6) is -0.855. The molecule has 0 saturated carbocycles. The summed E-state index contributed by atoms with van der Waals surface area (Å²) >= 11 is 0. The number of carboxylic acid groups (broad SMARTS) is 1. The van der Waals surface area contributed by atoms with E-state index < -0.39 is 5.97 Å². The number of carboxylic acids is 1. The van der Waals surface area contributed by atoms with Gasteiger partial charge >= 0.3 is 5.97 Å². The molecule has 0 aromatic rings. The predicted octanol–water partition coefficient (Wildman–Crippen LogP) is 2.00. The Bertz CT molecular complexity index is 85.8. The average Bonchev–Trinajstić information content (AvgIpc) is 1.67. The van der Waals surface area contributed by atoms with E-state index in [0.29, 0.717) is 0 Å². The third-order valence-corrected chi connectivity index (χ3v) is 1.14. The Morgan fingerprint density at radius 1 is 1.88 bits per heavy atom. The third-order valence-electron chi connectivity index (χ3n) is 1.14. The highest BCUT2D eigenvalue weighted by atomic mass is 16.4. The molecule has 1 atom stereocenters. The van der Waals surface area contributed by atoms with Crippen LogP contribution in [0.4, 0.5) is 0 Å². The first-order valence-corrected chi connectivity index (χ1v) is 2.91. The van der Waals surface area contributed by atoms with Crippen LogP contribution in [0.1, 0.15) is 29.5 Å². The van der Waals surface area contributed by atoms with Crippen LogP contribution >= 0.6 is 0 Å². The van der Waals surface area contributed by atoms with Gasteiger partial charge in [-0.25, -0.2) is 0 Å². The van der Waals surface area contributed by atoms with Gasteiger partial charge in [-0.15, -0.1) is 0 Å². The Balaban J connectivity index is -0.000000245. The highest BCUT2D eigenvalue weighted by Crippen LogP contribution is 2.03. The minimum absolute atomic E-state index is 0. The molecule has 0 heterocycles. The van der Waals surface area contributed by atoms with E-state index in [1.807, 2.05) is 6.92 Å². The largest absolute Gasteiger partial charge is 0.481 e. The standard InChI is InChI=1S/C6H12O2.2H2/c1-3-4-5(2)6(7)8;;/h5H,3-4H2,1-2H3,(H,7,8);2*1H. The molecule has 0 aromatic carbocycles. The van der Waals surface area contributed by atoms with Gasteiger partial charge in [0.1, 0.15) is 0 Å². The van der Waals surface area contributed by atoms with Crippen LogP contribution < -0.4 is 0 Å². The van der Waals surface area contributed by atoms with Gasteiger partial charge in [0.2, 0.25) is 0 Å². The molecule has 0 aromatic heterocycles. The molecule has 2 nitrogen and oxygen atoms in total. The summed E-state index contributed by atoms with van der Waals surface area (Å²) in [6, 6.07) is 0. The molecule has 1 unspecified atom stereocenters. The molecular weight excluding hydrogens is 104 g/mol. The van der Waals surface area contributed by atoms with Crippen molar-refractivity contribution in [3.63, 3.8) is 0 Å². The predicted molar refractivity (Wildman–Crippen MR) is 35.9 cm³/mol. The minimum Gasteiger partial charge on any atom is -0.481 e. The van der Waals surface area contributed by atoms with Crippen LogP contribution in [-0.2, 0) is 4.79 Å². The second kappa shape index (κ2) is 3.47. The van der Waals surface area contributed by atoms with Gasteiger partial charge in [-0.2, -0.15) is 0 Å². The van der Waals surface area contributed by atoms with Gasteiger partial charge in [0.15, 0.2) is 0 Å². The Hall–Kier alpha value is -0.530. The number of carbonyl (C=O) groups is 1. The number of aliphatic carboxylic acids is 1. The fourth-order valence-electron chi connectivity index (χ4n) is 0.556. The summed E-state index contributed by atoms with van der Waals surface area (Å²) in [5.41, 5.74) is 0. The first-order valence-electron chi connectivity index (χ1n) is 2.91. The van der Waals surface area contributed by atoms with E-state index in [9.17, 15) is 4.79 Å². The van der Waals surface area contributed by atoms with Crippen molar-refractivity contribution in [2.75, 3.05) is 0 Å². The molecule has 2 heteroatoms. The van der Waals surface area contributed by atoms with Crippen LogP contribution in [0.2, 0.25) is 0 Å². The monoisotopic (exact) mass is 120 g/mol. The average molecular weight is 120 g/mol. The molecule has 0 saturated heterocycles. The molecular formula is C6H16O2. The molecule has 52 valence electrons. The molecule has 0 spiro atoms. The van der Waals surface area contributed by atoms with Crippen LogP contribution in [0.5, 0.6) is 0 Å². The first kappa shape index (κ1) is 7.47. The molecule has 1 N–H and O–H groups in total. The quantitative estimate of drug-likeness (QED) is 0.618. The zero-order valence-corrected chi connectivity index (χ0v) is 5.35. The second-order valence-corrected chi connectivity index (χ2v) is 2.03. The van der Waals surface area contributed by atoms with Crippen molar-refractivity contribution in [2.24, 2.45) is 5.92 Å². The van der Waals surface area contributed by atoms with Crippen LogP contribution in [0, 0.1) is 5.92 Å². The zero-order chi connectivity index (χ0) is 6.57. The van der Waals surface area contributed by atoms with Crippen molar-refractivity contribution in [2.45, 2.75) is 26.7 Å². The number of hydrogen-bond donors (Lipinski definition) is 1. The van der Waals surface area contributed by atoms with Crippen molar-refractivity contribution >= 4 is 5.97 Å². The summed E-state index contributed by atoms with van der Waals surface area (Å²) in [6.45, 7) is 3.71. The molecule has 0 aliphatic rings. The Morgan fingerprint density at radius 2 is 2.38 bits per heavy atom. The Labute approximate surface area is 52.5 Å². The zero-order valence-electron chi connectivity index (χ0n) is 5.35. The van der Waals surface area contributed by atoms with Gasteiger partial charge in [-0.1, -0.05) is 20.3 Å². The van der Waals surface area contributed by atoms with Crippen LogP contribution in [0.15, 0.2) is 0 Å². The van der Waals surface area contributed by atoms with E-state index in [1.54, 1.807) is 6.92 Å². The van der Waals surface area contributed by atoms with Crippen molar-refractivity contribution in [1.29, 1.82) is 0 Å². The maximum atomic E-state index is 10.1. The minimum atomic E-state index is -0.688. The summed E-state index contributed by atoms with van der Waals surface area (Å²) in [7, 11) is 0. The van der Waals surface area contributed by atoms with Crippen molar-refractivity contribution in [3.8, 4) is 0 Å². The van der Waals surface area contributed by atoms with Crippen molar-refractivity contribution < 1.29 is 12.8 Å². The van der Waals surface area contributed by atoms with Gasteiger partial charge in [0, 0.05) is 2.85 Å². The highest BCUT2D eigenvalue weighted by Gasteiger charge is 2.07. The molecule has 0 radical (unpaired) electrons. The topological polar surface area (TPSA) is 37.3 Å². The SMILES string of the molecule is CCCC(C)C(=O)O.[HH].[HH]. The van der Waals surface area contributed by atoms with Gasteiger partial charge < -0.3 is 5.11 Å². The molecule has 0 bridgehead atoms. The fourth-order valence-corrected chi connectivity index (χ4v) is 0.556. The number of rotatable bonds is 3. The summed E-state index contributed by atoms with van der Waals surface area (Å²) in [5, 5.41) is 8.31. The summed E-state index contributed by atoms with van der Waals surface area (Å²) in [6.07, 6.45) is 1.74. The van der Waals surface area contributed by atoms with Crippen molar-refractivity contribution in [3.05, 3.63) is 0 Å². The Morgan fingerprint density at radius 3 is 2.50 bits per heavy atom. The highest BCUT2D eigenvalue weighted by molar-refractivity contribution is 5.69. The second-order valence-electron chi connectivity index (χ2n) is 2.03. The summed E-state index contributed by atoms with van der Waals surface area (Å²) in [4.78, 5) is 10.1. The molecule has 0 rings (SSSR count). The first-order chi connectivity index (χ1) is 3.68. The third kappa shape index (κ3) is 2.61. The van der Waals surface area contributed by atoms with Crippen molar-refractivity contribution in [1.82, 2.24) is 0 Å². The van der Waals surface area contributed by atoms with Gasteiger partial charge in [-0.3, -0.25) is 4.79 Å². The van der Waals surface area contributed by atoms with Crippen LogP contribution in [0.3, 0.4) is 0 Å². The van der Waals surface area contributed by atoms with E-state index in [4.69, 9.17) is 5.11 Å². The van der Waals surface area contributed by atoms with E-state index in [2.05, 4.69) is 0 Å². The van der Waals surface area contributed by atoms with Gasteiger partial charge in [0.05, 0.1) is 5.92 Å². The lowest BCUT2D eigenvalue weighted by Gasteiger charge is -2.00. The summed E-state index contributed by atoms with van der Waals surface area (Å²) < 4.78 is 0. The van der Waals surface area contributed by atoms with Gasteiger partial charge in [0.25, 0.3) is 0 Å². The van der Waals surface area contributed by atoms with E-state index in [1.165, 1.54) is 0 Å². The normalized spacial score (nSPS) is 13.2. The lowest BCUT2D eigenvalue weighted by Crippen LogP contribution is -2.08. The van der Waals surface area contributed by atoms with Crippen LogP contribution in [-0.4, -0.2) is 11.1 Å². The maximum Gasteiger partial charge on any atom is 0.306 e. The molecule has 0 fully saturated rings. The number of hydrogen-bond acceptors (Lipinski definition) is 1. The molecule has 0 amide bonds. The smallest absolute Gasteiger partial charge is 0.306 e. The molecule has 0 aliphatic heterocycles. The van der Waals surface area contributed by atoms with E-state index >= 15 is 0 Å². The Kier molecular flexibility index (Phi) is 3.24.